The molecule has 0 aliphatic rings. The van der Waals surface area contributed by atoms with Crippen LogP contribution in [0.2, 0.25) is 0 Å². The van der Waals surface area contributed by atoms with E-state index in [1.54, 1.807) is 17.2 Å². The standard InChI is InChI=1S/C20H22N2O3/c1-4-19(23)22(12-16-6-5-7-25-16)11-15-10-17-14(3)8-13(2)9-18(17)21-20(15)24/h5-10H,4,11-12H2,1-3H3,(H,21,24). The Labute approximate surface area is 146 Å². The summed E-state index contributed by atoms with van der Waals surface area (Å²) in [7, 11) is 0. The van der Waals surface area contributed by atoms with Gasteiger partial charge in [-0.3, -0.25) is 9.59 Å². The van der Waals surface area contributed by atoms with Gasteiger partial charge in [-0.1, -0.05) is 13.0 Å². The van der Waals surface area contributed by atoms with E-state index in [2.05, 4.69) is 11.1 Å². The molecule has 5 nitrogen and oxygen atoms in total. The Hall–Kier alpha value is -2.82. The van der Waals surface area contributed by atoms with Crippen molar-refractivity contribution in [1.29, 1.82) is 0 Å². The second-order valence-corrected chi connectivity index (χ2v) is 6.35. The van der Waals surface area contributed by atoms with Crippen molar-refractivity contribution < 1.29 is 9.21 Å². The van der Waals surface area contributed by atoms with E-state index in [9.17, 15) is 9.59 Å². The van der Waals surface area contributed by atoms with Crippen LogP contribution < -0.4 is 5.56 Å². The number of aromatic nitrogens is 1. The van der Waals surface area contributed by atoms with Crippen LogP contribution in [0.15, 0.2) is 45.8 Å². The number of nitrogens with one attached hydrogen (secondary N) is 1. The molecule has 0 atom stereocenters. The predicted molar refractivity (Wildman–Crippen MR) is 97.3 cm³/mol. The first kappa shape index (κ1) is 17.0. The first-order valence-electron chi connectivity index (χ1n) is 8.41. The van der Waals surface area contributed by atoms with Gasteiger partial charge in [0.1, 0.15) is 5.76 Å². The number of H-pyrrole nitrogens is 1. The Balaban J connectivity index is 1.97. The predicted octanol–water partition coefficient (Wildman–Crippen LogP) is 3.68. The SMILES string of the molecule is CCC(=O)N(Cc1ccco1)Cc1cc2c(C)cc(C)cc2[nH]c1=O. The van der Waals surface area contributed by atoms with Crippen LogP contribution in [0.4, 0.5) is 0 Å². The van der Waals surface area contributed by atoms with Crippen LogP contribution in [0.25, 0.3) is 10.9 Å². The molecule has 5 heteroatoms. The first-order chi connectivity index (χ1) is 12.0. The Morgan fingerprint density at radius 1 is 1.20 bits per heavy atom. The summed E-state index contributed by atoms with van der Waals surface area (Å²) in [6, 6.07) is 9.56. The molecule has 0 spiro atoms. The zero-order valence-corrected chi connectivity index (χ0v) is 14.8. The van der Waals surface area contributed by atoms with Crippen LogP contribution in [0.5, 0.6) is 0 Å². The lowest BCUT2D eigenvalue weighted by molar-refractivity contribution is -0.132. The highest BCUT2D eigenvalue weighted by molar-refractivity contribution is 5.83. The van der Waals surface area contributed by atoms with E-state index < -0.39 is 0 Å². The molecule has 0 fully saturated rings. The van der Waals surface area contributed by atoms with Crippen LogP contribution in [-0.2, 0) is 17.9 Å². The number of nitrogens with zero attached hydrogens (tertiary/aromatic N) is 1. The summed E-state index contributed by atoms with van der Waals surface area (Å²) in [5.41, 5.74) is 3.45. The Bertz CT molecular complexity index is 955. The molecule has 2 heterocycles. The summed E-state index contributed by atoms with van der Waals surface area (Å²) in [6.07, 6.45) is 1.96. The fourth-order valence-electron chi connectivity index (χ4n) is 3.09. The molecule has 3 rings (SSSR count). The van der Waals surface area contributed by atoms with Crippen LogP contribution in [-0.4, -0.2) is 15.8 Å². The summed E-state index contributed by atoms with van der Waals surface area (Å²) in [5, 5.41) is 1.00. The Kier molecular flexibility index (Phi) is 4.74. The number of furan rings is 1. The van der Waals surface area contributed by atoms with Crippen LogP contribution in [0.3, 0.4) is 0 Å². The van der Waals surface area contributed by atoms with E-state index in [0.717, 1.165) is 22.0 Å². The van der Waals surface area contributed by atoms with Gasteiger partial charge < -0.3 is 14.3 Å². The van der Waals surface area contributed by atoms with Crippen LogP contribution >= 0.6 is 0 Å². The minimum Gasteiger partial charge on any atom is -0.467 e. The van der Waals surface area contributed by atoms with Gasteiger partial charge in [0.2, 0.25) is 5.91 Å². The van der Waals surface area contributed by atoms with Gasteiger partial charge in [0.25, 0.3) is 5.56 Å². The number of carbonyl (C=O) groups is 1. The smallest absolute Gasteiger partial charge is 0.253 e. The van der Waals surface area contributed by atoms with E-state index in [1.807, 2.05) is 39.0 Å². The van der Waals surface area contributed by atoms with Gasteiger partial charge in [-0.05, 0) is 49.2 Å². The summed E-state index contributed by atoms with van der Waals surface area (Å²) in [5.74, 6) is 0.683. The lowest BCUT2D eigenvalue weighted by Gasteiger charge is -2.21. The molecule has 0 radical (unpaired) electrons. The second-order valence-electron chi connectivity index (χ2n) is 6.35. The Morgan fingerprint density at radius 3 is 2.68 bits per heavy atom. The maximum absolute atomic E-state index is 12.5. The van der Waals surface area contributed by atoms with Crippen molar-refractivity contribution in [1.82, 2.24) is 9.88 Å². The van der Waals surface area contributed by atoms with E-state index in [-0.39, 0.29) is 18.0 Å². The van der Waals surface area contributed by atoms with Crippen molar-refractivity contribution in [3.63, 3.8) is 0 Å². The largest absolute Gasteiger partial charge is 0.467 e. The van der Waals surface area contributed by atoms with Gasteiger partial charge in [0.05, 0.1) is 19.4 Å². The quantitative estimate of drug-likeness (QED) is 0.772. The van der Waals surface area contributed by atoms with Gasteiger partial charge in [0.15, 0.2) is 0 Å². The number of amides is 1. The summed E-state index contributed by atoms with van der Waals surface area (Å²) in [6.45, 7) is 6.45. The molecule has 1 aromatic carbocycles. The molecule has 0 saturated heterocycles. The number of fused-ring (bicyclic) bond motifs is 1. The minimum absolute atomic E-state index is 0.0171. The van der Waals surface area contributed by atoms with Crippen molar-refractivity contribution >= 4 is 16.8 Å². The third-order valence-electron chi connectivity index (χ3n) is 4.33. The third-order valence-corrected chi connectivity index (χ3v) is 4.33. The summed E-state index contributed by atoms with van der Waals surface area (Å²) < 4.78 is 5.35. The number of aryl methyl sites for hydroxylation is 2. The number of rotatable bonds is 5. The number of pyridine rings is 1. The highest BCUT2D eigenvalue weighted by Crippen LogP contribution is 2.19. The van der Waals surface area contributed by atoms with Crippen LogP contribution in [0.1, 0.15) is 35.8 Å². The third kappa shape index (κ3) is 3.65. The van der Waals surface area contributed by atoms with Gasteiger partial charge in [-0.25, -0.2) is 0 Å². The number of benzene rings is 1. The molecule has 0 bridgehead atoms. The maximum Gasteiger partial charge on any atom is 0.253 e. The topological polar surface area (TPSA) is 66.3 Å². The van der Waals surface area contributed by atoms with Gasteiger partial charge in [-0.2, -0.15) is 0 Å². The monoisotopic (exact) mass is 338 g/mol. The van der Waals surface area contributed by atoms with Crippen molar-refractivity contribution in [2.45, 2.75) is 40.3 Å². The lowest BCUT2D eigenvalue weighted by atomic mass is 10.0. The average molecular weight is 338 g/mol. The Morgan fingerprint density at radius 2 is 2.00 bits per heavy atom. The lowest BCUT2D eigenvalue weighted by Crippen LogP contribution is -2.31. The highest BCUT2D eigenvalue weighted by atomic mass is 16.3. The minimum atomic E-state index is -0.161. The molecule has 2 aromatic heterocycles. The van der Waals surface area contributed by atoms with Gasteiger partial charge in [-0.15, -0.1) is 0 Å². The van der Waals surface area contributed by atoms with Gasteiger partial charge >= 0.3 is 0 Å². The van der Waals surface area contributed by atoms with E-state index in [1.165, 1.54) is 0 Å². The molecular formula is C20H22N2O3. The number of hydrogen-bond donors (Lipinski definition) is 1. The van der Waals surface area contributed by atoms with E-state index in [4.69, 9.17) is 4.42 Å². The second kappa shape index (κ2) is 6.97. The molecule has 0 unspecified atom stereocenters. The average Bonchev–Trinajstić information content (AvgIpc) is 3.07. The number of hydrogen-bond acceptors (Lipinski definition) is 3. The maximum atomic E-state index is 12.5. The van der Waals surface area contributed by atoms with Crippen molar-refractivity contribution in [3.05, 3.63) is 69.4 Å². The summed E-state index contributed by atoms with van der Waals surface area (Å²) >= 11 is 0. The number of carbonyl (C=O) groups excluding carboxylic acids is 1. The molecule has 0 aliphatic heterocycles. The van der Waals surface area contributed by atoms with E-state index >= 15 is 0 Å². The molecule has 25 heavy (non-hydrogen) atoms. The molecule has 130 valence electrons. The normalized spacial score (nSPS) is 11.0. The number of aromatic amines is 1. The van der Waals surface area contributed by atoms with Crippen molar-refractivity contribution in [2.24, 2.45) is 0 Å². The fraction of sp³-hybridized carbons (Fsp3) is 0.300. The fourth-order valence-corrected chi connectivity index (χ4v) is 3.09. The summed E-state index contributed by atoms with van der Waals surface area (Å²) in [4.78, 5) is 29.4. The molecule has 0 saturated carbocycles. The zero-order chi connectivity index (χ0) is 18.0. The van der Waals surface area contributed by atoms with Crippen LogP contribution in [0, 0.1) is 13.8 Å². The van der Waals surface area contributed by atoms with E-state index in [0.29, 0.717) is 24.3 Å². The highest BCUT2D eigenvalue weighted by Gasteiger charge is 2.16. The zero-order valence-electron chi connectivity index (χ0n) is 14.8. The molecule has 1 N–H and O–H groups in total. The first-order valence-corrected chi connectivity index (χ1v) is 8.41. The molecule has 1 amide bonds. The molecular weight excluding hydrogens is 316 g/mol. The molecule has 0 aliphatic carbocycles. The van der Waals surface area contributed by atoms with Gasteiger partial charge in [0, 0.05) is 22.9 Å². The van der Waals surface area contributed by atoms with Crippen molar-refractivity contribution in [2.75, 3.05) is 0 Å². The van der Waals surface area contributed by atoms with Crippen molar-refractivity contribution in [3.8, 4) is 0 Å². The molecule has 3 aromatic rings.